The normalized spacial score (nSPS) is 14.5. The molecule has 1 nitrogen and oxygen atoms in total. The fourth-order valence-corrected chi connectivity index (χ4v) is 3.51. The molecule has 0 N–H and O–H groups in total. The van der Waals surface area contributed by atoms with Crippen LogP contribution in [0.2, 0.25) is 0 Å². The lowest BCUT2D eigenvalue weighted by Gasteiger charge is -2.14. The van der Waals surface area contributed by atoms with E-state index in [1.807, 2.05) is 0 Å². The minimum absolute atomic E-state index is 0.998. The Bertz CT molecular complexity index is 945. The van der Waals surface area contributed by atoms with Gasteiger partial charge in [-0.05, 0) is 47.6 Å². The summed E-state index contributed by atoms with van der Waals surface area (Å²) >= 11 is 0. The molecule has 1 heteroatoms. The Morgan fingerprint density at radius 3 is 2.14 bits per heavy atom. The number of rotatable bonds is 1. The zero-order valence-electron chi connectivity index (χ0n) is 13.1. The second kappa shape index (κ2) is 5.10. The van der Waals surface area contributed by atoms with Crippen molar-refractivity contribution in [3.05, 3.63) is 65.7 Å². The van der Waals surface area contributed by atoms with Crippen molar-refractivity contribution >= 4 is 32.9 Å². The highest BCUT2D eigenvalue weighted by atomic mass is 14.8. The number of fused-ring (bicyclic) bond motifs is 6. The van der Waals surface area contributed by atoms with Crippen LogP contribution in [-0.4, -0.2) is 5.71 Å². The molecule has 1 aliphatic rings. The molecule has 0 bridgehead atoms. The maximum Gasteiger partial charge on any atom is 0.0752 e. The van der Waals surface area contributed by atoms with Crippen molar-refractivity contribution in [3.63, 3.8) is 0 Å². The van der Waals surface area contributed by atoms with Gasteiger partial charge in [0, 0.05) is 11.1 Å². The Morgan fingerprint density at radius 1 is 0.864 bits per heavy atom. The summed E-state index contributed by atoms with van der Waals surface area (Å²) in [5.41, 5.74) is 5.10. The first kappa shape index (κ1) is 13.3. The maximum absolute atomic E-state index is 4.96. The van der Waals surface area contributed by atoms with Crippen LogP contribution in [0.1, 0.15) is 25.8 Å². The minimum Gasteiger partial charge on any atom is -0.253 e. The third-order valence-electron chi connectivity index (χ3n) is 4.57. The van der Waals surface area contributed by atoms with Crippen LogP contribution in [-0.2, 0) is 6.42 Å². The van der Waals surface area contributed by atoms with Crippen molar-refractivity contribution in [2.75, 3.05) is 0 Å². The van der Waals surface area contributed by atoms with Crippen molar-refractivity contribution < 1.29 is 0 Å². The highest BCUT2D eigenvalue weighted by molar-refractivity contribution is 6.16. The van der Waals surface area contributed by atoms with Crippen molar-refractivity contribution in [1.82, 2.24) is 0 Å². The number of nitrogens with zero attached hydrogens (tertiary/aromatic N) is 1. The zero-order valence-corrected chi connectivity index (χ0v) is 13.1. The summed E-state index contributed by atoms with van der Waals surface area (Å²) in [5, 5.41) is 5.24. The summed E-state index contributed by atoms with van der Waals surface area (Å²) < 4.78 is 0. The van der Waals surface area contributed by atoms with Crippen LogP contribution in [0, 0.1) is 0 Å². The van der Waals surface area contributed by atoms with Gasteiger partial charge in [0.15, 0.2) is 0 Å². The van der Waals surface area contributed by atoms with Gasteiger partial charge in [0.05, 0.1) is 5.69 Å². The number of allylic oxidation sites excluding steroid dienone is 2. The summed E-state index contributed by atoms with van der Waals surface area (Å²) in [7, 11) is 0. The average molecular weight is 285 g/mol. The molecule has 3 aromatic carbocycles. The SMILES string of the molecule is CCC1=CC(C)=Nc2c(c3ccccc3c3ccccc23)C1. The molecule has 0 saturated heterocycles. The van der Waals surface area contributed by atoms with Crippen molar-refractivity contribution in [3.8, 4) is 0 Å². The molecule has 0 saturated carbocycles. The van der Waals surface area contributed by atoms with Gasteiger partial charge in [0.2, 0.25) is 0 Å². The van der Waals surface area contributed by atoms with E-state index in [0.717, 1.165) is 24.2 Å². The second-order valence-corrected chi connectivity index (χ2v) is 6.00. The minimum atomic E-state index is 0.998. The molecular weight excluding hydrogens is 266 g/mol. The molecule has 4 rings (SSSR count). The number of benzene rings is 3. The van der Waals surface area contributed by atoms with Crippen LogP contribution in [0.4, 0.5) is 5.69 Å². The molecule has 0 atom stereocenters. The standard InChI is InChI=1S/C21H19N/c1-3-15-12-14(2)22-21-19-11-7-6-9-17(19)16-8-4-5-10-18(16)20(21)13-15/h4-12H,3,13H2,1-2H3. The number of hydrogen-bond acceptors (Lipinski definition) is 1. The van der Waals surface area contributed by atoms with Crippen molar-refractivity contribution in [1.29, 1.82) is 0 Å². The Kier molecular flexibility index (Phi) is 3.07. The van der Waals surface area contributed by atoms with E-state index in [0.29, 0.717) is 0 Å². The first-order chi connectivity index (χ1) is 10.8. The van der Waals surface area contributed by atoms with E-state index in [2.05, 4.69) is 68.5 Å². The van der Waals surface area contributed by atoms with Gasteiger partial charge in [-0.25, -0.2) is 0 Å². The first-order valence-electron chi connectivity index (χ1n) is 7.95. The number of hydrogen-bond donors (Lipinski definition) is 0. The monoisotopic (exact) mass is 285 g/mol. The van der Waals surface area contributed by atoms with Gasteiger partial charge in [0.25, 0.3) is 0 Å². The van der Waals surface area contributed by atoms with E-state index in [1.165, 1.54) is 32.7 Å². The molecule has 0 aromatic heterocycles. The molecule has 0 aliphatic carbocycles. The van der Waals surface area contributed by atoms with Gasteiger partial charge in [-0.15, -0.1) is 0 Å². The Labute approximate surface area is 131 Å². The van der Waals surface area contributed by atoms with E-state index in [4.69, 9.17) is 4.99 Å². The summed E-state index contributed by atoms with van der Waals surface area (Å²) in [4.78, 5) is 4.96. The molecule has 22 heavy (non-hydrogen) atoms. The second-order valence-electron chi connectivity index (χ2n) is 6.00. The smallest absolute Gasteiger partial charge is 0.0752 e. The number of aliphatic imine (C=N–C) groups is 1. The molecule has 1 aliphatic heterocycles. The predicted molar refractivity (Wildman–Crippen MR) is 96.3 cm³/mol. The topological polar surface area (TPSA) is 12.4 Å². The summed E-state index contributed by atoms with van der Waals surface area (Å²) in [6.07, 6.45) is 4.33. The Balaban J connectivity index is 2.20. The van der Waals surface area contributed by atoms with Gasteiger partial charge in [-0.3, -0.25) is 4.99 Å². The van der Waals surface area contributed by atoms with Crippen molar-refractivity contribution in [2.45, 2.75) is 26.7 Å². The summed E-state index contributed by atoms with van der Waals surface area (Å²) in [6.45, 7) is 4.34. The molecule has 0 spiro atoms. The fraction of sp³-hybridized carbons (Fsp3) is 0.190. The van der Waals surface area contributed by atoms with E-state index >= 15 is 0 Å². The highest BCUT2D eigenvalue weighted by Gasteiger charge is 2.16. The summed E-state index contributed by atoms with van der Waals surface area (Å²) in [6, 6.07) is 17.4. The molecule has 3 aromatic rings. The highest BCUT2D eigenvalue weighted by Crippen LogP contribution is 2.40. The van der Waals surface area contributed by atoms with Gasteiger partial charge in [0.1, 0.15) is 0 Å². The third-order valence-corrected chi connectivity index (χ3v) is 4.57. The maximum atomic E-state index is 4.96. The molecule has 0 fully saturated rings. The largest absolute Gasteiger partial charge is 0.253 e. The van der Waals surface area contributed by atoms with Crippen LogP contribution in [0.25, 0.3) is 21.5 Å². The van der Waals surface area contributed by atoms with Gasteiger partial charge < -0.3 is 0 Å². The average Bonchev–Trinajstić information content (AvgIpc) is 2.74. The molecule has 0 amide bonds. The Morgan fingerprint density at radius 2 is 1.45 bits per heavy atom. The zero-order chi connectivity index (χ0) is 15.1. The summed E-state index contributed by atoms with van der Waals surface area (Å²) in [5.74, 6) is 0. The molecule has 0 unspecified atom stereocenters. The quantitative estimate of drug-likeness (QED) is 0.488. The van der Waals surface area contributed by atoms with E-state index in [9.17, 15) is 0 Å². The van der Waals surface area contributed by atoms with Crippen LogP contribution >= 0.6 is 0 Å². The lowest BCUT2D eigenvalue weighted by Crippen LogP contribution is -1.92. The van der Waals surface area contributed by atoms with Crippen LogP contribution in [0.5, 0.6) is 0 Å². The molecule has 108 valence electrons. The lowest BCUT2D eigenvalue weighted by molar-refractivity contribution is 1.02. The fourth-order valence-electron chi connectivity index (χ4n) is 3.51. The van der Waals surface area contributed by atoms with Crippen molar-refractivity contribution in [2.24, 2.45) is 4.99 Å². The van der Waals surface area contributed by atoms with Gasteiger partial charge in [-0.1, -0.05) is 61.0 Å². The molecular formula is C21H19N. The van der Waals surface area contributed by atoms with Crippen LogP contribution in [0.15, 0.2) is 65.2 Å². The molecule has 1 heterocycles. The van der Waals surface area contributed by atoms with E-state index in [1.54, 1.807) is 0 Å². The predicted octanol–water partition coefficient (Wildman–Crippen LogP) is 5.98. The van der Waals surface area contributed by atoms with Gasteiger partial charge >= 0.3 is 0 Å². The molecule has 0 radical (unpaired) electrons. The van der Waals surface area contributed by atoms with E-state index < -0.39 is 0 Å². The van der Waals surface area contributed by atoms with Crippen LogP contribution < -0.4 is 0 Å². The van der Waals surface area contributed by atoms with Gasteiger partial charge in [-0.2, -0.15) is 0 Å². The van der Waals surface area contributed by atoms with Crippen LogP contribution in [0.3, 0.4) is 0 Å². The third kappa shape index (κ3) is 1.97. The Hall–Kier alpha value is -2.41. The van der Waals surface area contributed by atoms with E-state index in [-0.39, 0.29) is 0 Å². The first-order valence-corrected chi connectivity index (χ1v) is 7.95. The lowest BCUT2D eigenvalue weighted by atomic mass is 9.91.